The number of ether oxygens (including phenoxy) is 1. The lowest BCUT2D eigenvalue weighted by atomic mass is 9.74. The van der Waals surface area contributed by atoms with E-state index in [1.165, 1.54) is 10.6 Å². The monoisotopic (exact) mass is 465 g/mol. The van der Waals surface area contributed by atoms with Crippen LogP contribution in [0.2, 0.25) is 0 Å². The van der Waals surface area contributed by atoms with Crippen LogP contribution in [-0.4, -0.2) is 32.3 Å². The van der Waals surface area contributed by atoms with E-state index in [1.54, 1.807) is 19.9 Å². The zero-order valence-corrected chi connectivity index (χ0v) is 18.9. The molecule has 2 aliphatic heterocycles. The predicted octanol–water partition coefficient (Wildman–Crippen LogP) is 1.62. The number of hydrogen-bond acceptors (Lipinski definition) is 7. The summed E-state index contributed by atoms with van der Waals surface area (Å²) in [4.78, 5) is 30.6. The van der Waals surface area contributed by atoms with Crippen LogP contribution in [0.25, 0.3) is 22.3 Å². The van der Waals surface area contributed by atoms with Gasteiger partial charge in [0.15, 0.2) is 5.60 Å². The number of aliphatic hydroxyl groups excluding tert-OH is 1. The number of rotatable bonds is 2. The average Bonchev–Trinajstić information content (AvgIpc) is 3.19. The molecule has 4 heterocycles. The predicted molar refractivity (Wildman–Crippen MR) is 120 cm³/mol. The molecule has 8 nitrogen and oxygen atoms in total. The molecule has 0 saturated heterocycles. The summed E-state index contributed by atoms with van der Waals surface area (Å²) in [5, 5.41) is 22.1. The molecule has 34 heavy (non-hydrogen) atoms. The number of aromatic nitrogens is 2. The lowest BCUT2D eigenvalue weighted by Gasteiger charge is -2.36. The lowest BCUT2D eigenvalue weighted by Crippen LogP contribution is -2.44. The molecule has 0 bridgehead atoms. The third-order valence-corrected chi connectivity index (χ3v) is 7.90. The highest BCUT2D eigenvalue weighted by molar-refractivity contribution is 5.93. The fraction of sp³-hybridized carbons (Fsp3) is 0.400. The van der Waals surface area contributed by atoms with Gasteiger partial charge in [0.2, 0.25) is 0 Å². The lowest BCUT2D eigenvalue weighted by molar-refractivity contribution is -0.172. The molecule has 0 radical (unpaired) electrons. The first kappa shape index (κ1) is 21.4. The first-order chi connectivity index (χ1) is 16.1. The van der Waals surface area contributed by atoms with Crippen LogP contribution >= 0.6 is 0 Å². The fourth-order valence-corrected chi connectivity index (χ4v) is 5.88. The summed E-state index contributed by atoms with van der Waals surface area (Å²) in [6, 6.07) is 2.98. The van der Waals surface area contributed by atoms with Crippen LogP contribution in [0.4, 0.5) is 4.39 Å². The molecule has 1 aromatic carbocycles. The first-order valence-corrected chi connectivity index (χ1v) is 11.4. The Hall–Kier alpha value is -3.14. The number of halogens is 1. The molecule has 2 atom stereocenters. The SMILES string of the molecule is CC[C@@]1(O)C(=O)OCc2c1cc1n(c2=O)Cc2c-1nc1cc(F)c(C)c3c1c2C(N)(CO)CC3. The zero-order valence-electron chi connectivity index (χ0n) is 18.9. The molecule has 4 N–H and O–H groups in total. The molecular formula is C25H24FN3O5. The largest absolute Gasteiger partial charge is 0.458 e. The molecule has 0 amide bonds. The van der Waals surface area contributed by atoms with Crippen LogP contribution in [0.15, 0.2) is 16.9 Å². The van der Waals surface area contributed by atoms with Crippen LogP contribution in [0, 0.1) is 12.7 Å². The standard InChI is InChI=1S/C25H24FN3O5/c1-3-25(33)15-6-18-21-13(8-29(18)22(31)14(15)9-34-23(25)32)20-19-12(4-5-24(20,27)10-30)11(2)16(26)7-17(19)28-21/h6-7,30,33H,3-5,8-10,27H2,1-2H3/t24?,25-/m0/s1. The second-order valence-corrected chi connectivity index (χ2v) is 9.59. The van der Waals surface area contributed by atoms with Crippen LogP contribution < -0.4 is 11.3 Å². The molecular weight excluding hydrogens is 441 g/mol. The highest BCUT2D eigenvalue weighted by Crippen LogP contribution is 2.47. The van der Waals surface area contributed by atoms with Gasteiger partial charge in [-0.3, -0.25) is 4.79 Å². The summed E-state index contributed by atoms with van der Waals surface area (Å²) in [6.07, 6.45) is 0.968. The number of aryl methyl sites for hydroxylation is 1. The second-order valence-electron chi connectivity index (χ2n) is 9.59. The molecule has 6 rings (SSSR count). The first-order valence-electron chi connectivity index (χ1n) is 11.4. The summed E-state index contributed by atoms with van der Waals surface area (Å²) in [5.74, 6) is -1.17. The Kier molecular flexibility index (Phi) is 4.23. The summed E-state index contributed by atoms with van der Waals surface area (Å²) in [5.41, 5.74) is 7.74. The second kappa shape index (κ2) is 6.71. The Morgan fingerprint density at radius 2 is 2.03 bits per heavy atom. The van der Waals surface area contributed by atoms with Crippen molar-refractivity contribution in [3.8, 4) is 11.4 Å². The molecule has 0 spiro atoms. The van der Waals surface area contributed by atoms with E-state index in [0.29, 0.717) is 46.4 Å². The van der Waals surface area contributed by atoms with Crippen molar-refractivity contribution in [1.29, 1.82) is 0 Å². The quantitative estimate of drug-likeness (QED) is 0.384. The third kappa shape index (κ3) is 2.44. The molecule has 2 aromatic heterocycles. The van der Waals surface area contributed by atoms with Gasteiger partial charge in [0.1, 0.15) is 12.4 Å². The van der Waals surface area contributed by atoms with Crippen molar-refractivity contribution in [2.45, 2.75) is 57.4 Å². The molecule has 0 fully saturated rings. The molecule has 1 unspecified atom stereocenters. The van der Waals surface area contributed by atoms with Crippen molar-refractivity contribution in [2.24, 2.45) is 5.73 Å². The minimum atomic E-state index is -1.94. The van der Waals surface area contributed by atoms with Crippen molar-refractivity contribution in [2.75, 3.05) is 6.61 Å². The summed E-state index contributed by atoms with van der Waals surface area (Å²) >= 11 is 0. The molecule has 1 aliphatic carbocycles. The van der Waals surface area contributed by atoms with Gasteiger partial charge < -0.3 is 25.3 Å². The Morgan fingerprint density at radius 1 is 1.26 bits per heavy atom. The van der Waals surface area contributed by atoms with Crippen LogP contribution in [0.3, 0.4) is 0 Å². The Bertz CT molecular complexity index is 1510. The highest BCUT2D eigenvalue weighted by Gasteiger charge is 2.46. The Labute approximate surface area is 193 Å². The van der Waals surface area contributed by atoms with Crippen LogP contribution in [0.1, 0.15) is 53.1 Å². The molecule has 9 heteroatoms. The number of nitrogens with zero attached hydrogens (tertiary/aromatic N) is 2. The van der Waals surface area contributed by atoms with Gasteiger partial charge in [0, 0.05) is 22.6 Å². The number of nitrogens with two attached hydrogens (primary N) is 1. The topological polar surface area (TPSA) is 128 Å². The molecule has 0 saturated carbocycles. The number of pyridine rings is 2. The third-order valence-electron chi connectivity index (χ3n) is 7.90. The van der Waals surface area contributed by atoms with E-state index >= 15 is 0 Å². The number of aliphatic hydroxyl groups is 2. The van der Waals surface area contributed by atoms with Crippen LogP contribution in [0.5, 0.6) is 0 Å². The van der Waals surface area contributed by atoms with Gasteiger partial charge in [-0.2, -0.15) is 0 Å². The van der Waals surface area contributed by atoms with E-state index in [0.717, 1.165) is 10.9 Å². The van der Waals surface area contributed by atoms with Crippen molar-refractivity contribution < 1.29 is 24.1 Å². The maximum Gasteiger partial charge on any atom is 0.343 e. The molecule has 176 valence electrons. The highest BCUT2D eigenvalue weighted by atomic mass is 19.1. The van der Waals surface area contributed by atoms with Crippen molar-refractivity contribution >= 4 is 16.9 Å². The van der Waals surface area contributed by atoms with Gasteiger partial charge in [-0.1, -0.05) is 6.92 Å². The maximum atomic E-state index is 14.8. The normalized spacial score (nSPS) is 24.6. The summed E-state index contributed by atoms with van der Waals surface area (Å²) in [7, 11) is 0. The van der Waals surface area contributed by atoms with E-state index in [1.807, 2.05) is 0 Å². The maximum absolute atomic E-state index is 14.8. The van der Waals surface area contributed by atoms with Gasteiger partial charge in [-0.15, -0.1) is 0 Å². The van der Waals surface area contributed by atoms with Gasteiger partial charge in [-0.05, 0) is 48.9 Å². The van der Waals surface area contributed by atoms with Gasteiger partial charge in [-0.25, -0.2) is 14.2 Å². The fourth-order valence-electron chi connectivity index (χ4n) is 5.88. The Morgan fingerprint density at radius 3 is 2.74 bits per heavy atom. The van der Waals surface area contributed by atoms with E-state index < -0.39 is 17.1 Å². The van der Waals surface area contributed by atoms with Crippen molar-refractivity contribution in [3.63, 3.8) is 0 Å². The minimum absolute atomic E-state index is 0.0370. The number of fused-ring (bicyclic) bond motifs is 5. The van der Waals surface area contributed by atoms with E-state index in [-0.39, 0.29) is 48.7 Å². The number of hydrogen-bond donors (Lipinski definition) is 3. The van der Waals surface area contributed by atoms with E-state index in [9.17, 15) is 24.2 Å². The average molecular weight is 465 g/mol. The van der Waals surface area contributed by atoms with Crippen molar-refractivity contribution in [1.82, 2.24) is 9.55 Å². The van der Waals surface area contributed by atoms with E-state index in [2.05, 4.69) is 0 Å². The Balaban J connectivity index is 1.72. The summed E-state index contributed by atoms with van der Waals surface area (Å²) in [6.45, 7) is 3.00. The number of carbonyl (C=O) groups is 1. The molecule has 3 aliphatic rings. The van der Waals surface area contributed by atoms with Gasteiger partial charge in [0.05, 0.1) is 41.2 Å². The smallest absolute Gasteiger partial charge is 0.343 e. The van der Waals surface area contributed by atoms with Crippen LogP contribution in [-0.2, 0) is 40.2 Å². The van der Waals surface area contributed by atoms with Gasteiger partial charge >= 0.3 is 5.97 Å². The minimum Gasteiger partial charge on any atom is -0.458 e. The number of cyclic esters (lactones) is 1. The number of benzene rings is 1. The number of esters is 1. The van der Waals surface area contributed by atoms with E-state index in [4.69, 9.17) is 15.5 Å². The van der Waals surface area contributed by atoms with Crippen molar-refractivity contribution in [3.05, 3.63) is 61.7 Å². The summed E-state index contributed by atoms with van der Waals surface area (Å²) < 4.78 is 21.4. The number of carbonyl (C=O) groups excluding carboxylic acids is 1. The zero-order chi connectivity index (χ0) is 24.2. The molecule has 3 aromatic rings. The van der Waals surface area contributed by atoms with Gasteiger partial charge in [0.25, 0.3) is 5.56 Å².